The molecule has 0 spiro atoms. The van der Waals surface area contributed by atoms with Crippen LogP contribution < -0.4 is 10.6 Å². The minimum Gasteiger partial charge on any atom is -0.368 e. The monoisotopic (exact) mass is 401 g/mol. The molecular weight excluding hydrogens is 372 g/mol. The van der Waals surface area contributed by atoms with Crippen LogP contribution in [0, 0.1) is 0 Å². The fourth-order valence-electron chi connectivity index (χ4n) is 4.05. The molecule has 0 radical (unpaired) electrons. The van der Waals surface area contributed by atoms with Crippen LogP contribution in [-0.4, -0.2) is 48.1 Å². The van der Waals surface area contributed by atoms with Crippen LogP contribution in [0.2, 0.25) is 0 Å². The number of rotatable bonds is 6. The number of imidazole rings is 1. The average Bonchev–Trinajstić information content (AvgIpc) is 3.21. The first-order valence-electron chi connectivity index (χ1n) is 11.0. The molecule has 0 unspecified atom stereocenters. The molecular formula is C22H29B2N5O. The normalized spacial score (nSPS) is 19.1. The van der Waals surface area contributed by atoms with Crippen molar-refractivity contribution in [3.63, 3.8) is 0 Å². The highest BCUT2D eigenvalue weighted by atomic mass is 16.1. The van der Waals surface area contributed by atoms with Gasteiger partial charge in [0, 0.05) is 35.9 Å². The van der Waals surface area contributed by atoms with Crippen molar-refractivity contribution in [2.24, 2.45) is 0 Å². The van der Waals surface area contributed by atoms with E-state index in [4.69, 9.17) is 4.98 Å². The van der Waals surface area contributed by atoms with Crippen molar-refractivity contribution in [3.8, 4) is 0 Å². The fourth-order valence-corrected chi connectivity index (χ4v) is 4.05. The van der Waals surface area contributed by atoms with Crippen LogP contribution in [0.15, 0.2) is 42.7 Å². The predicted molar refractivity (Wildman–Crippen MR) is 126 cm³/mol. The van der Waals surface area contributed by atoms with E-state index < -0.39 is 0 Å². The number of anilines is 1. The lowest BCUT2D eigenvalue weighted by molar-refractivity contribution is 0.0926. The Kier molecular flexibility index (Phi) is 6.11. The first kappa shape index (κ1) is 20.5. The van der Waals surface area contributed by atoms with Crippen LogP contribution in [0.25, 0.3) is 5.65 Å². The molecule has 0 atom stereocenters. The van der Waals surface area contributed by atoms with E-state index in [1.807, 2.05) is 18.2 Å². The first-order chi connectivity index (χ1) is 14.5. The molecule has 1 fully saturated rings. The van der Waals surface area contributed by atoms with Gasteiger partial charge in [0.25, 0.3) is 5.91 Å². The largest absolute Gasteiger partial charge is 0.368 e. The maximum atomic E-state index is 12.5. The minimum absolute atomic E-state index is 0.0223. The van der Waals surface area contributed by atoms with E-state index in [2.05, 4.69) is 61.0 Å². The number of hydrogen-bond acceptors (Lipinski definition) is 4. The summed E-state index contributed by atoms with van der Waals surface area (Å²) in [5.41, 5.74) is 4.14. The van der Waals surface area contributed by atoms with E-state index in [1.165, 1.54) is 0 Å². The Labute approximate surface area is 179 Å². The van der Waals surface area contributed by atoms with Crippen LogP contribution in [0.5, 0.6) is 0 Å². The molecule has 0 saturated heterocycles. The second-order valence-corrected chi connectivity index (χ2v) is 8.52. The van der Waals surface area contributed by atoms with Gasteiger partial charge in [-0.25, -0.2) is 4.98 Å². The van der Waals surface area contributed by atoms with Gasteiger partial charge in [0.05, 0.1) is 5.56 Å². The van der Waals surface area contributed by atoms with E-state index in [0.717, 1.165) is 55.0 Å². The quantitative estimate of drug-likeness (QED) is 0.618. The van der Waals surface area contributed by atoms with Crippen LogP contribution in [0.4, 0.5) is 5.82 Å². The number of nitrogens with one attached hydrogen (secondary N) is 2. The van der Waals surface area contributed by atoms with Crippen molar-refractivity contribution in [1.29, 1.82) is 0 Å². The lowest BCUT2D eigenvalue weighted by atomic mass is 9.69. The lowest BCUT2D eigenvalue weighted by Gasteiger charge is -2.30. The van der Waals surface area contributed by atoms with Crippen molar-refractivity contribution in [2.45, 2.75) is 56.8 Å². The van der Waals surface area contributed by atoms with Gasteiger partial charge in [-0.3, -0.25) is 14.2 Å². The number of carbonyl (C=O) groups excluding carboxylic acids is 1. The molecule has 1 saturated carbocycles. The van der Waals surface area contributed by atoms with Crippen molar-refractivity contribution < 1.29 is 4.79 Å². The zero-order valence-electron chi connectivity index (χ0n) is 18.1. The Morgan fingerprint density at radius 2 is 1.93 bits per heavy atom. The first-order valence-corrected chi connectivity index (χ1v) is 11.0. The Bertz CT molecular complexity index is 1010. The molecule has 3 heterocycles. The highest BCUT2D eigenvalue weighted by Crippen LogP contribution is 2.24. The van der Waals surface area contributed by atoms with E-state index in [0.29, 0.717) is 17.3 Å². The number of carbonyl (C=O) groups is 1. The maximum absolute atomic E-state index is 12.5. The molecule has 4 rings (SSSR count). The molecule has 0 aromatic carbocycles. The van der Waals surface area contributed by atoms with Crippen LogP contribution >= 0.6 is 0 Å². The molecule has 3 aromatic heterocycles. The summed E-state index contributed by atoms with van der Waals surface area (Å²) in [6.07, 6.45) is 8.69. The highest BCUT2D eigenvalue weighted by molar-refractivity contribution is 6.35. The molecule has 0 bridgehead atoms. The average molecular weight is 401 g/mol. The molecule has 3 aromatic rings. The topological polar surface area (TPSA) is 71.3 Å². The second kappa shape index (κ2) is 8.94. The third-order valence-electron chi connectivity index (χ3n) is 5.97. The summed E-state index contributed by atoms with van der Waals surface area (Å²) in [6, 6.07) is 10.6. The Hall–Kier alpha value is -2.76. The SMILES string of the molecule is BC(B)c1cn2c(NC3CCC(NC(=O)c4ccc(CC)nc4)CC3)cccc2n1. The van der Waals surface area contributed by atoms with Crippen LogP contribution in [0.1, 0.15) is 60.1 Å². The predicted octanol–water partition coefficient (Wildman–Crippen LogP) is 1.71. The number of hydrogen-bond donors (Lipinski definition) is 2. The maximum Gasteiger partial charge on any atom is 0.253 e. The third kappa shape index (κ3) is 4.53. The number of aryl methyl sites for hydroxylation is 1. The van der Waals surface area contributed by atoms with Crippen molar-refractivity contribution >= 4 is 33.1 Å². The van der Waals surface area contributed by atoms with Gasteiger partial charge in [-0.1, -0.05) is 18.7 Å². The minimum atomic E-state index is -0.0223. The number of nitrogens with zero attached hydrogens (tertiary/aromatic N) is 3. The Morgan fingerprint density at radius 1 is 1.17 bits per heavy atom. The molecule has 1 amide bonds. The number of pyridine rings is 2. The van der Waals surface area contributed by atoms with E-state index in [1.54, 1.807) is 6.20 Å². The number of fused-ring (bicyclic) bond motifs is 1. The summed E-state index contributed by atoms with van der Waals surface area (Å²) in [5.74, 6) is 1.06. The van der Waals surface area contributed by atoms with E-state index in [9.17, 15) is 4.79 Å². The fraction of sp³-hybridized carbons (Fsp3) is 0.409. The molecule has 6 nitrogen and oxygen atoms in total. The molecule has 0 aliphatic heterocycles. The van der Waals surface area contributed by atoms with Crippen LogP contribution in [-0.2, 0) is 6.42 Å². The van der Waals surface area contributed by atoms with Gasteiger partial charge < -0.3 is 10.6 Å². The zero-order chi connectivity index (χ0) is 21.1. The van der Waals surface area contributed by atoms with Crippen molar-refractivity contribution in [1.82, 2.24) is 19.7 Å². The second-order valence-electron chi connectivity index (χ2n) is 8.52. The standard InChI is InChI=1S/C22H29B2N5O/c1-2-15-7-6-14(12-25-15)22(30)27-17-10-8-16(9-11-17)26-19-4-3-5-20-28-18(21(23)24)13-29(19)20/h3-7,12-13,16-17,21,26H,2,8-11,23-24H2,1H3,(H,27,30). The Balaban J connectivity index is 1.33. The molecule has 8 heteroatoms. The molecule has 154 valence electrons. The molecule has 1 aliphatic carbocycles. The van der Waals surface area contributed by atoms with E-state index in [-0.39, 0.29) is 11.9 Å². The molecule has 1 aliphatic rings. The van der Waals surface area contributed by atoms with E-state index >= 15 is 0 Å². The zero-order valence-corrected chi connectivity index (χ0v) is 18.1. The van der Waals surface area contributed by atoms with Gasteiger partial charge >= 0.3 is 0 Å². The summed E-state index contributed by atoms with van der Waals surface area (Å²) in [7, 11) is 4.33. The molecule has 30 heavy (non-hydrogen) atoms. The summed E-state index contributed by atoms with van der Waals surface area (Å²) in [6.45, 7) is 2.06. The number of amides is 1. The smallest absolute Gasteiger partial charge is 0.253 e. The van der Waals surface area contributed by atoms with Crippen molar-refractivity contribution in [3.05, 3.63) is 59.7 Å². The van der Waals surface area contributed by atoms with Gasteiger partial charge in [0.2, 0.25) is 0 Å². The van der Waals surface area contributed by atoms with Crippen molar-refractivity contribution in [2.75, 3.05) is 5.32 Å². The van der Waals surface area contributed by atoms with Gasteiger partial charge in [-0.2, -0.15) is 0 Å². The summed E-state index contributed by atoms with van der Waals surface area (Å²) in [5, 5.41) is 6.88. The van der Waals surface area contributed by atoms with Crippen LogP contribution in [0.3, 0.4) is 0 Å². The van der Waals surface area contributed by atoms with Gasteiger partial charge in [0.15, 0.2) is 0 Å². The van der Waals surface area contributed by atoms with Gasteiger partial charge in [-0.05, 0) is 56.4 Å². The van der Waals surface area contributed by atoms with Gasteiger partial charge in [-0.15, -0.1) is 0 Å². The number of aromatic nitrogens is 3. The Morgan fingerprint density at radius 3 is 2.60 bits per heavy atom. The molecule has 2 N–H and O–H groups in total. The summed E-state index contributed by atoms with van der Waals surface area (Å²) in [4.78, 5) is 21.6. The third-order valence-corrected chi connectivity index (χ3v) is 5.97. The lowest BCUT2D eigenvalue weighted by Crippen LogP contribution is -2.40. The highest BCUT2D eigenvalue weighted by Gasteiger charge is 2.23. The summed E-state index contributed by atoms with van der Waals surface area (Å²) >= 11 is 0. The summed E-state index contributed by atoms with van der Waals surface area (Å²) < 4.78 is 2.15. The van der Waals surface area contributed by atoms with Gasteiger partial charge in [0.1, 0.15) is 27.2 Å².